The second kappa shape index (κ2) is 8.55. The molecule has 1 N–H and O–H groups in total. The van der Waals surface area contributed by atoms with Crippen LogP contribution in [-0.2, 0) is 0 Å². The first-order valence-corrected chi connectivity index (χ1v) is 10.5. The molecule has 7 heteroatoms. The number of carbonyl (C=O) groups is 1. The number of nitrogens with zero attached hydrogens (tertiary/aromatic N) is 3. The number of carbonyl (C=O) groups excluding carboxylic acids is 1. The number of hydrogen-bond donors (Lipinski definition) is 1. The highest BCUT2D eigenvalue weighted by molar-refractivity contribution is 5.94. The minimum atomic E-state index is -0.153. The van der Waals surface area contributed by atoms with E-state index in [0.717, 1.165) is 5.75 Å². The Labute approximate surface area is 184 Å². The summed E-state index contributed by atoms with van der Waals surface area (Å²) in [6, 6.07) is 24.0. The number of hydrogen-bond acceptors (Lipinski definition) is 5. The molecule has 0 radical (unpaired) electrons. The first-order valence-electron chi connectivity index (χ1n) is 10.5. The maximum absolute atomic E-state index is 13.1. The van der Waals surface area contributed by atoms with Gasteiger partial charge < -0.3 is 14.5 Å². The van der Waals surface area contributed by atoms with Crippen molar-refractivity contribution in [2.75, 3.05) is 31.1 Å². The molecular formula is C25H22N4O3. The van der Waals surface area contributed by atoms with Crippen molar-refractivity contribution in [2.24, 2.45) is 0 Å². The Bertz CT molecular complexity index is 1310. The van der Waals surface area contributed by atoms with Crippen molar-refractivity contribution < 1.29 is 9.53 Å². The second-order valence-electron chi connectivity index (χ2n) is 7.63. The number of rotatable bonds is 4. The quantitative estimate of drug-likeness (QED) is 0.539. The number of benzene rings is 3. The van der Waals surface area contributed by atoms with Crippen molar-refractivity contribution in [3.05, 3.63) is 94.8 Å². The zero-order valence-electron chi connectivity index (χ0n) is 17.4. The van der Waals surface area contributed by atoms with Crippen LogP contribution in [0.4, 0.5) is 5.95 Å². The van der Waals surface area contributed by atoms with E-state index in [4.69, 9.17) is 4.74 Å². The topological polar surface area (TPSA) is 78.5 Å². The van der Waals surface area contributed by atoms with Gasteiger partial charge in [0.1, 0.15) is 11.5 Å². The van der Waals surface area contributed by atoms with Gasteiger partial charge in [-0.25, -0.2) is 4.98 Å². The Morgan fingerprint density at radius 2 is 1.56 bits per heavy atom. The summed E-state index contributed by atoms with van der Waals surface area (Å²) in [7, 11) is 0. The molecule has 5 rings (SSSR count). The lowest BCUT2D eigenvalue weighted by Crippen LogP contribution is -2.49. The molecule has 1 amide bonds. The standard InChI is InChI=1S/C25H22N4O3/c30-23-21-11-4-5-12-22(21)26-25(27-23)29-15-13-28(14-16-29)24(31)18-7-6-10-20(17-18)32-19-8-2-1-3-9-19/h1-12,17H,13-16H2,(H,26,27,30). The monoisotopic (exact) mass is 426 g/mol. The van der Waals surface area contributed by atoms with E-state index < -0.39 is 0 Å². The van der Waals surface area contributed by atoms with Gasteiger partial charge >= 0.3 is 0 Å². The predicted molar refractivity (Wildman–Crippen MR) is 123 cm³/mol. The molecule has 160 valence electrons. The van der Waals surface area contributed by atoms with E-state index in [9.17, 15) is 9.59 Å². The summed E-state index contributed by atoms with van der Waals surface area (Å²) in [5.74, 6) is 1.85. The normalized spacial score (nSPS) is 13.9. The number of piperazine rings is 1. The predicted octanol–water partition coefficient (Wildman–Crippen LogP) is 3.68. The van der Waals surface area contributed by atoms with Gasteiger partial charge in [-0.3, -0.25) is 14.6 Å². The van der Waals surface area contributed by atoms with E-state index >= 15 is 0 Å². The van der Waals surface area contributed by atoms with Gasteiger partial charge in [-0.15, -0.1) is 0 Å². The second-order valence-corrected chi connectivity index (χ2v) is 7.63. The van der Waals surface area contributed by atoms with Crippen molar-refractivity contribution in [3.63, 3.8) is 0 Å². The Balaban J connectivity index is 1.27. The summed E-state index contributed by atoms with van der Waals surface area (Å²) in [6.07, 6.45) is 0. The van der Waals surface area contributed by atoms with Crippen LogP contribution in [0.15, 0.2) is 83.7 Å². The summed E-state index contributed by atoms with van der Waals surface area (Å²) in [5, 5.41) is 0.572. The summed E-state index contributed by atoms with van der Waals surface area (Å²) in [5.41, 5.74) is 1.10. The zero-order chi connectivity index (χ0) is 21.9. The van der Waals surface area contributed by atoms with Crippen LogP contribution in [-0.4, -0.2) is 47.0 Å². The van der Waals surface area contributed by atoms with Gasteiger partial charge in [0, 0.05) is 31.7 Å². The number of amides is 1. The third-order valence-corrected chi connectivity index (χ3v) is 5.53. The lowest BCUT2D eigenvalue weighted by Gasteiger charge is -2.35. The molecule has 1 fully saturated rings. The zero-order valence-corrected chi connectivity index (χ0v) is 17.4. The van der Waals surface area contributed by atoms with E-state index in [0.29, 0.717) is 54.3 Å². The van der Waals surface area contributed by atoms with Crippen LogP contribution < -0.4 is 15.2 Å². The van der Waals surface area contributed by atoms with Crippen molar-refractivity contribution in [1.82, 2.24) is 14.9 Å². The number of ether oxygens (including phenoxy) is 1. The maximum atomic E-state index is 13.1. The molecule has 7 nitrogen and oxygen atoms in total. The molecule has 1 saturated heterocycles. The fourth-order valence-corrected chi connectivity index (χ4v) is 3.84. The van der Waals surface area contributed by atoms with Crippen molar-refractivity contribution in [3.8, 4) is 11.5 Å². The number of para-hydroxylation sites is 2. The maximum Gasteiger partial charge on any atom is 0.260 e. The van der Waals surface area contributed by atoms with Crippen LogP contribution in [0, 0.1) is 0 Å². The van der Waals surface area contributed by atoms with Gasteiger partial charge in [-0.2, -0.15) is 0 Å². The summed E-state index contributed by atoms with van der Waals surface area (Å²) in [6.45, 7) is 2.26. The van der Waals surface area contributed by atoms with Crippen molar-refractivity contribution in [1.29, 1.82) is 0 Å². The Kier molecular flexibility index (Phi) is 5.29. The summed E-state index contributed by atoms with van der Waals surface area (Å²) < 4.78 is 5.86. The van der Waals surface area contributed by atoms with Crippen LogP contribution in [0.1, 0.15) is 10.4 Å². The number of nitrogens with one attached hydrogen (secondary N) is 1. The SMILES string of the molecule is O=C(c1cccc(Oc2ccccc2)c1)N1CCN(c2nc3ccccc3c(=O)[nH]2)CC1. The average Bonchev–Trinajstić information content (AvgIpc) is 2.84. The van der Waals surface area contributed by atoms with Gasteiger partial charge in [0.2, 0.25) is 5.95 Å². The van der Waals surface area contributed by atoms with E-state index in [2.05, 4.69) is 9.97 Å². The molecule has 0 atom stereocenters. The molecule has 0 spiro atoms. The number of H-pyrrole nitrogens is 1. The van der Waals surface area contributed by atoms with Gasteiger partial charge in [0.05, 0.1) is 10.9 Å². The molecule has 1 aliphatic heterocycles. The van der Waals surface area contributed by atoms with Crippen LogP contribution >= 0.6 is 0 Å². The smallest absolute Gasteiger partial charge is 0.260 e. The Morgan fingerprint density at radius 3 is 2.38 bits per heavy atom. The van der Waals surface area contributed by atoms with Crippen LogP contribution in [0.2, 0.25) is 0 Å². The molecular weight excluding hydrogens is 404 g/mol. The highest BCUT2D eigenvalue weighted by Crippen LogP contribution is 2.23. The van der Waals surface area contributed by atoms with Gasteiger partial charge in [-0.05, 0) is 42.5 Å². The number of anilines is 1. The molecule has 0 saturated carbocycles. The fraction of sp³-hybridized carbons (Fsp3) is 0.160. The molecule has 0 aliphatic carbocycles. The lowest BCUT2D eigenvalue weighted by molar-refractivity contribution is 0.0746. The van der Waals surface area contributed by atoms with E-state index in [1.165, 1.54) is 0 Å². The van der Waals surface area contributed by atoms with E-state index in [1.54, 1.807) is 18.2 Å². The molecule has 4 aromatic rings. The van der Waals surface area contributed by atoms with Crippen molar-refractivity contribution in [2.45, 2.75) is 0 Å². The van der Waals surface area contributed by atoms with Crippen LogP contribution in [0.3, 0.4) is 0 Å². The number of aromatic nitrogens is 2. The molecule has 2 heterocycles. The van der Waals surface area contributed by atoms with Crippen LogP contribution in [0.25, 0.3) is 10.9 Å². The minimum Gasteiger partial charge on any atom is -0.457 e. The summed E-state index contributed by atoms with van der Waals surface area (Å²) in [4.78, 5) is 36.7. The van der Waals surface area contributed by atoms with Gasteiger partial charge in [0.25, 0.3) is 11.5 Å². The largest absolute Gasteiger partial charge is 0.457 e. The molecule has 1 aliphatic rings. The molecule has 32 heavy (non-hydrogen) atoms. The first kappa shape index (κ1) is 19.8. The third-order valence-electron chi connectivity index (χ3n) is 5.53. The highest BCUT2D eigenvalue weighted by atomic mass is 16.5. The molecule has 1 aromatic heterocycles. The molecule has 0 unspecified atom stereocenters. The van der Waals surface area contributed by atoms with E-state index in [1.807, 2.05) is 70.5 Å². The highest BCUT2D eigenvalue weighted by Gasteiger charge is 2.24. The van der Waals surface area contributed by atoms with Crippen LogP contribution in [0.5, 0.6) is 11.5 Å². The van der Waals surface area contributed by atoms with E-state index in [-0.39, 0.29) is 11.5 Å². The molecule has 3 aromatic carbocycles. The average molecular weight is 426 g/mol. The fourth-order valence-electron chi connectivity index (χ4n) is 3.84. The number of aromatic amines is 1. The molecule has 0 bridgehead atoms. The summed E-state index contributed by atoms with van der Waals surface area (Å²) >= 11 is 0. The van der Waals surface area contributed by atoms with Gasteiger partial charge in [0.15, 0.2) is 0 Å². The Morgan fingerprint density at radius 1 is 0.844 bits per heavy atom. The third kappa shape index (κ3) is 4.05. The van der Waals surface area contributed by atoms with Crippen molar-refractivity contribution >= 4 is 22.8 Å². The Hall–Kier alpha value is -4.13. The minimum absolute atomic E-state index is 0.0388. The first-order chi connectivity index (χ1) is 15.7. The lowest BCUT2D eigenvalue weighted by atomic mass is 10.1. The number of fused-ring (bicyclic) bond motifs is 1. The van der Waals surface area contributed by atoms with Gasteiger partial charge in [-0.1, -0.05) is 36.4 Å².